The molecule has 0 amide bonds. The number of nitriles is 1. The van der Waals surface area contributed by atoms with Gasteiger partial charge in [0, 0.05) is 6.42 Å². The van der Waals surface area contributed by atoms with Crippen molar-refractivity contribution in [2.24, 2.45) is 0 Å². The molecule has 0 aliphatic rings. The van der Waals surface area contributed by atoms with E-state index in [2.05, 4.69) is 6.07 Å². The largest absolute Gasteiger partial charge is 0.508 e. The van der Waals surface area contributed by atoms with Gasteiger partial charge in [-0.3, -0.25) is 0 Å². The Labute approximate surface area is 84.8 Å². The van der Waals surface area contributed by atoms with Gasteiger partial charge in [0.2, 0.25) is 0 Å². The van der Waals surface area contributed by atoms with E-state index in [0.29, 0.717) is 12.2 Å². The summed E-state index contributed by atoms with van der Waals surface area (Å²) < 4.78 is 0. The average Bonchev–Trinajstić information content (AvgIpc) is 2.14. The number of phenols is 1. The highest BCUT2D eigenvalue weighted by molar-refractivity contribution is 5.40. The zero-order chi connectivity index (χ0) is 10.6. The van der Waals surface area contributed by atoms with Crippen molar-refractivity contribution in [3.05, 3.63) is 29.3 Å². The minimum Gasteiger partial charge on any atom is -0.508 e. The third-order valence-electron chi connectivity index (χ3n) is 2.48. The van der Waals surface area contributed by atoms with Crippen molar-refractivity contribution in [1.29, 1.82) is 5.26 Å². The van der Waals surface area contributed by atoms with Gasteiger partial charge in [-0.25, -0.2) is 0 Å². The van der Waals surface area contributed by atoms with E-state index >= 15 is 0 Å². The van der Waals surface area contributed by atoms with Gasteiger partial charge in [-0.15, -0.1) is 0 Å². The summed E-state index contributed by atoms with van der Waals surface area (Å²) in [5.41, 5.74) is 2.07. The van der Waals surface area contributed by atoms with Crippen LogP contribution in [0.2, 0.25) is 0 Å². The second-order valence-corrected chi connectivity index (χ2v) is 3.61. The molecule has 0 aliphatic heterocycles. The van der Waals surface area contributed by atoms with Gasteiger partial charge in [-0.2, -0.15) is 5.26 Å². The molecule has 0 saturated carbocycles. The van der Waals surface area contributed by atoms with Gasteiger partial charge in [-0.1, -0.05) is 19.1 Å². The Morgan fingerprint density at radius 1 is 1.50 bits per heavy atom. The number of benzene rings is 1. The zero-order valence-electron chi connectivity index (χ0n) is 8.62. The highest BCUT2D eigenvalue weighted by atomic mass is 16.3. The monoisotopic (exact) mass is 189 g/mol. The Balaban J connectivity index is 2.89. The van der Waals surface area contributed by atoms with Crippen LogP contribution in [0.1, 0.15) is 36.8 Å². The maximum absolute atomic E-state index is 9.68. The number of rotatable bonds is 3. The Morgan fingerprint density at radius 3 is 2.79 bits per heavy atom. The maximum Gasteiger partial charge on any atom is 0.119 e. The first-order chi connectivity index (χ1) is 6.66. The van der Waals surface area contributed by atoms with Crippen LogP contribution in [0, 0.1) is 18.3 Å². The van der Waals surface area contributed by atoms with Crippen LogP contribution in [0.3, 0.4) is 0 Å². The van der Waals surface area contributed by atoms with E-state index in [4.69, 9.17) is 5.26 Å². The summed E-state index contributed by atoms with van der Waals surface area (Å²) in [5.74, 6) is 0.589. The molecule has 0 fully saturated rings. The summed E-state index contributed by atoms with van der Waals surface area (Å²) >= 11 is 0. The fourth-order valence-corrected chi connectivity index (χ4v) is 1.73. The highest BCUT2D eigenvalue weighted by Crippen LogP contribution is 2.31. The lowest BCUT2D eigenvalue weighted by atomic mass is 9.92. The topological polar surface area (TPSA) is 44.0 Å². The summed E-state index contributed by atoms with van der Waals surface area (Å²) in [6.07, 6.45) is 1.34. The van der Waals surface area contributed by atoms with Gasteiger partial charge in [0.1, 0.15) is 5.75 Å². The molecule has 0 bridgehead atoms. The Morgan fingerprint density at radius 2 is 2.21 bits per heavy atom. The molecule has 0 heterocycles. The molecule has 0 saturated heterocycles. The number of hydrogen-bond acceptors (Lipinski definition) is 2. The van der Waals surface area contributed by atoms with Gasteiger partial charge >= 0.3 is 0 Å². The molecule has 0 radical (unpaired) electrons. The molecule has 2 heteroatoms. The van der Waals surface area contributed by atoms with E-state index in [1.54, 1.807) is 6.07 Å². The highest BCUT2D eigenvalue weighted by Gasteiger charge is 2.12. The van der Waals surface area contributed by atoms with Crippen molar-refractivity contribution >= 4 is 0 Å². The standard InChI is InChI=1S/C12H15NO/c1-9-5-3-7-11(14)12(9)10(2)6-4-8-13/h3,5,7,10,14H,4,6H2,1-2H3. The summed E-state index contributed by atoms with van der Waals surface area (Å²) in [4.78, 5) is 0. The Hall–Kier alpha value is -1.49. The van der Waals surface area contributed by atoms with E-state index in [-0.39, 0.29) is 5.92 Å². The normalized spacial score (nSPS) is 12.1. The third-order valence-corrected chi connectivity index (χ3v) is 2.48. The number of phenolic OH excluding ortho intramolecular Hbond substituents is 1. The van der Waals surface area contributed by atoms with Crippen LogP contribution < -0.4 is 0 Å². The second kappa shape index (κ2) is 4.66. The van der Waals surface area contributed by atoms with Crippen molar-refractivity contribution in [1.82, 2.24) is 0 Å². The molecule has 1 N–H and O–H groups in total. The molecular formula is C12H15NO. The molecule has 0 aliphatic carbocycles. The molecule has 0 aromatic heterocycles. The molecular weight excluding hydrogens is 174 g/mol. The van der Waals surface area contributed by atoms with Gasteiger partial charge in [0.15, 0.2) is 0 Å². The lowest BCUT2D eigenvalue weighted by molar-refractivity contribution is 0.460. The first-order valence-electron chi connectivity index (χ1n) is 4.82. The molecule has 1 atom stereocenters. The van der Waals surface area contributed by atoms with E-state index < -0.39 is 0 Å². The van der Waals surface area contributed by atoms with Gasteiger partial charge in [-0.05, 0) is 36.5 Å². The molecule has 2 nitrogen and oxygen atoms in total. The van der Waals surface area contributed by atoms with Crippen LogP contribution in [-0.2, 0) is 0 Å². The van der Waals surface area contributed by atoms with Gasteiger partial charge in [0.05, 0.1) is 6.07 Å². The van der Waals surface area contributed by atoms with Crippen LogP contribution in [0.4, 0.5) is 0 Å². The fraction of sp³-hybridized carbons (Fsp3) is 0.417. The average molecular weight is 189 g/mol. The zero-order valence-corrected chi connectivity index (χ0v) is 8.62. The second-order valence-electron chi connectivity index (χ2n) is 3.61. The van der Waals surface area contributed by atoms with Crippen LogP contribution in [0.15, 0.2) is 18.2 Å². The molecule has 0 spiro atoms. The van der Waals surface area contributed by atoms with E-state index in [1.807, 2.05) is 26.0 Å². The van der Waals surface area contributed by atoms with Crippen LogP contribution in [0.5, 0.6) is 5.75 Å². The SMILES string of the molecule is Cc1cccc(O)c1C(C)CCC#N. The van der Waals surface area contributed by atoms with Crippen LogP contribution in [-0.4, -0.2) is 5.11 Å². The number of aryl methyl sites for hydroxylation is 1. The first kappa shape index (κ1) is 10.6. The van der Waals surface area contributed by atoms with E-state index in [9.17, 15) is 5.11 Å². The summed E-state index contributed by atoms with van der Waals surface area (Å²) in [6.45, 7) is 4.03. The molecule has 1 aromatic rings. The number of aromatic hydroxyl groups is 1. The van der Waals surface area contributed by atoms with Gasteiger partial charge < -0.3 is 5.11 Å². The Kier molecular flexibility index (Phi) is 3.53. The van der Waals surface area contributed by atoms with Crippen LogP contribution >= 0.6 is 0 Å². The quantitative estimate of drug-likeness (QED) is 0.794. The fourth-order valence-electron chi connectivity index (χ4n) is 1.73. The predicted octanol–water partition coefficient (Wildman–Crippen LogP) is 3.11. The van der Waals surface area contributed by atoms with E-state index in [0.717, 1.165) is 17.5 Å². The molecule has 14 heavy (non-hydrogen) atoms. The first-order valence-corrected chi connectivity index (χ1v) is 4.82. The predicted molar refractivity (Wildman–Crippen MR) is 56.1 cm³/mol. The summed E-state index contributed by atoms with van der Waals surface area (Å²) in [6, 6.07) is 7.65. The van der Waals surface area contributed by atoms with Crippen molar-refractivity contribution in [3.8, 4) is 11.8 Å². The Bertz CT molecular complexity index is 332. The molecule has 1 aromatic carbocycles. The van der Waals surface area contributed by atoms with Crippen molar-refractivity contribution in [2.45, 2.75) is 32.6 Å². The number of hydrogen-bond donors (Lipinski definition) is 1. The minimum absolute atomic E-state index is 0.246. The lowest BCUT2D eigenvalue weighted by Gasteiger charge is -2.14. The van der Waals surface area contributed by atoms with Crippen molar-refractivity contribution < 1.29 is 5.11 Å². The summed E-state index contributed by atoms with van der Waals surface area (Å²) in [7, 11) is 0. The molecule has 74 valence electrons. The van der Waals surface area contributed by atoms with Gasteiger partial charge in [0.25, 0.3) is 0 Å². The third kappa shape index (κ3) is 2.26. The van der Waals surface area contributed by atoms with E-state index in [1.165, 1.54) is 0 Å². The number of nitrogens with zero attached hydrogens (tertiary/aromatic N) is 1. The lowest BCUT2D eigenvalue weighted by Crippen LogP contribution is -1.96. The molecule has 1 unspecified atom stereocenters. The summed E-state index contributed by atoms with van der Waals surface area (Å²) in [5, 5.41) is 18.2. The smallest absolute Gasteiger partial charge is 0.119 e. The van der Waals surface area contributed by atoms with Crippen molar-refractivity contribution in [2.75, 3.05) is 0 Å². The minimum atomic E-state index is 0.246. The maximum atomic E-state index is 9.68. The van der Waals surface area contributed by atoms with Crippen molar-refractivity contribution in [3.63, 3.8) is 0 Å². The molecule has 1 rings (SSSR count). The van der Waals surface area contributed by atoms with Crippen LogP contribution in [0.25, 0.3) is 0 Å².